The van der Waals surface area contributed by atoms with E-state index >= 15 is 0 Å². The molecule has 28 heavy (non-hydrogen) atoms. The number of carbonyl (C=O) groups excluding carboxylic acids is 1. The van der Waals surface area contributed by atoms with Gasteiger partial charge in [0.15, 0.2) is 0 Å². The molecule has 2 heterocycles. The smallest absolute Gasteiger partial charge is 0.239 e. The number of hydrogen-bond acceptors (Lipinski definition) is 4. The van der Waals surface area contributed by atoms with E-state index in [0.29, 0.717) is 19.1 Å². The summed E-state index contributed by atoms with van der Waals surface area (Å²) in [5.74, 6) is 0.653. The van der Waals surface area contributed by atoms with Gasteiger partial charge in [0, 0.05) is 44.4 Å². The Bertz CT molecular complexity index is 794. The fraction of sp³-hybridized carbons (Fsp3) is 0.524. The fourth-order valence-corrected chi connectivity index (χ4v) is 4.21. The van der Waals surface area contributed by atoms with Crippen LogP contribution in [-0.4, -0.2) is 58.2 Å². The summed E-state index contributed by atoms with van der Waals surface area (Å²) in [5, 5.41) is 7.44. The first-order valence-corrected chi connectivity index (χ1v) is 10.2. The average Bonchev–Trinajstić information content (AvgIpc) is 3.36. The van der Waals surface area contributed by atoms with Crippen molar-refractivity contribution in [2.45, 2.75) is 38.3 Å². The largest absolute Gasteiger partial charge is 0.310 e. The Balaban J connectivity index is 1.24. The topological polar surface area (TPSA) is 53.4 Å². The standard InChI is InChI=1S/C21H28FN5O/c22-19-8-4-1-5-17(19)15-25-11-13-26(14-12-25)16-21(28)24-20-9-10-23-27(20)18-6-2-3-7-18/h1,4-5,8-10,18H,2-3,6-7,11-16H2,(H,24,28). The number of carbonyl (C=O) groups is 1. The first-order chi connectivity index (χ1) is 13.7. The van der Waals surface area contributed by atoms with Crippen LogP contribution in [0.3, 0.4) is 0 Å². The van der Waals surface area contributed by atoms with Crippen molar-refractivity contribution in [3.8, 4) is 0 Å². The van der Waals surface area contributed by atoms with Gasteiger partial charge in [-0.3, -0.25) is 14.6 Å². The number of benzene rings is 1. The van der Waals surface area contributed by atoms with Crippen LogP contribution in [0.5, 0.6) is 0 Å². The minimum atomic E-state index is -0.150. The third-order valence-electron chi connectivity index (χ3n) is 5.79. The average molecular weight is 385 g/mol. The lowest BCUT2D eigenvalue weighted by atomic mass is 10.2. The molecule has 6 nitrogen and oxygen atoms in total. The highest BCUT2D eigenvalue weighted by atomic mass is 19.1. The van der Waals surface area contributed by atoms with Crippen LogP contribution < -0.4 is 5.32 Å². The van der Waals surface area contributed by atoms with Crippen molar-refractivity contribution in [1.29, 1.82) is 0 Å². The second-order valence-corrected chi connectivity index (χ2v) is 7.79. The van der Waals surface area contributed by atoms with Crippen molar-refractivity contribution in [3.05, 3.63) is 47.9 Å². The zero-order valence-corrected chi connectivity index (χ0v) is 16.2. The van der Waals surface area contributed by atoms with Crippen LogP contribution in [0.1, 0.15) is 37.3 Å². The highest BCUT2D eigenvalue weighted by Gasteiger charge is 2.22. The molecule has 0 spiro atoms. The molecule has 1 aliphatic heterocycles. The van der Waals surface area contributed by atoms with Crippen LogP contribution in [-0.2, 0) is 11.3 Å². The summed E-state index contributed by atoms with van der Waals surface area (Å²) in [7, 11) is 0. The van der Waals surface area contributed by atoms with E-state index in [0.717, 1.165) is 50.4 Å². The Morgan fingerprint density at radius 2 is 1.79 bits per heavy atom. The van der Waals surface area contributed by atoms with E-state index in [1.54, 1.807) is 12.3 Å². The van der Waals surface area contributed by atoms with Crippen LogP contribution in [0.4, 0.5) is 10.2 Å². The van der Waals surface area contributed by atoms with E-state index in [-0.39, 0.29) is 11.7 Å². The number of amides is 1. The van der Waals surface area contributed by atoms with Gasteiger partial charge >= 0.3 is 0 Å². The van der Waals surface area contributed by atoms with Gasteiger partial charge < -0.3 is 5.32 Å². The fourth-order valence-electron chi connectivity index (χ4n) is 4.21. The first kappa shape index (κ1) is 19.1. The van der Waals surface area contributed by atoms with Gasteiger partial charge in [0.25, 0.3) is 0 Å². The molecule has 1 aromatic heterocycles. The van der Waals surface area contributed by atoms with Crippen LogP contribution in [0.15, 0.2) is 36.5 Å². The zero-order chi connectivity index (χ0) is 19.3. The molecule has 0 bridgehead atoms. The Labute approximate surface area is 165 Å². The highest BCUT2D eigenvalue weighted by molar-refractivity contribution is 5.91. The maximum absolute atomic E-state index is 13.8. The molecule has 0 atom stereocenters. The second-order valence-electron chi connectivity index (χ2n) is 7.79. The normalized spacial score (nSPS) is 19.2. The molecule has 2 aromatic rings. The molecule has 1 saturated carbocycles. The Hall–Kier alpha value is -2.25. The van der Waals surface area contributed by atoms with E-state index in [9.17, 15) is 9.18 Å². The predicted molar refractivity (Wildman–Crippen MR) is 106 cm³/mol. The number of aromatic nitrogens is 2. The van der Waals surface area contributed by atoms with Gasteiger partial charge in [0.2, 0.25) is 5.91 Å². The van der Waals surface area contributed by atoms with Crippen molar-refractivity contribution in [1.82, 2.24) is 19.6 Å². The Morgan fingerprint density at radius 1 is 1.07 bits per heavy atom. The molecule has 0 unspecified atom stereocenters. The monoisotopic (exact) mass is 385 g/mol. The number of halogens is 1. The van der Waals surface area contributed by atoms with Crippen molar-refractivity contribution in [3.63, 3.8) is 0 Å². The van der Waals surface area contributed by atoms with E-state index in [4.69, 9.17) is 0 Å². The van der Waals surface area contributed by atoms with Gasteiger partial charge in [-0.05, 0) is 18.9 Å². The minimum Gasteiger partial charge on any atom is -0.310 e. The second kappa shape index (κ2) is 8.84. The van der Waals surface area contributed by atoms with E-state index in [1.165, 1.54) is 18.9 Å². The maximum Gasteiger partial charge on any atom is 0.239 e. The number of rotatable bonds is 6. The number of hydrogen-bond donors (Lipinski definition) is 1. The van der Waals surface area contributed by atoms with Crippen molar-refractivity contribution >= 4 is 11.7 Å². The summed E-state index contributed by atoms with van der Waals surface area (Å²) < 4.78 is 15.8. The Kier molecular flexibility index (Phi) is 6.02. The summed E-state index contributed by atoms with van der Waals surface area (Å²) >= 11 is 0. The van der Waals surface area contributed by atoms with E-state index in [2.05, 4.69) is 20.2 Å². The third kappa shape index (κ3) is 4.59. The molecular formula is C21H28FN5O. The summed E-state index contributed by atoms with van der Waals surface area (Å²) in [6.07, 6.45) is 6.49. The quantitative estimate of drug-likeness (QED) is 0.831. The third-order valence-corrected chi connectivity index (χ3v) is 5.79. The maximum atomic E-state index is 13.8. The lowest BCUT2D eigenvalue weighted by Gasteiger charge is -2.34. The number of anilines is 1. The SMILES string of the molecule is O=C(CN1CCN(Cc2ccccc2F)CC1)Nc1ccnn1C1CCCC1. The van der Waals surface area contributed by atoms with Crippen molar-refractivity contribution < 1.29 is 9.18 Å². The predicted octanol–water partition coefficient (Wildman–Crippen LogP) is 2.89. The van der Waals surface area contributed by atoms with Crippen LogP contribution >= 0.6 is 0 Å². The summed E-state index contributed by atoms with van der Waals surface area (Å²) in [6, 6.07) is 9.22. The number of piperazine rings is 1. The molecule has 1 aliphatic carbocycles. The van der Waals surface area contributed by atoms with E-state index < -0.39 is 0 Å². The van der Waals surface area contributed by atoms with Crippen LogP contribution in [0.25, 0.3) is 0 Å². The molecule has 2 aliphatic rings. The molecule has 4 rings (SSSR count). The molecule has 1 aromatic carbocycles. The molecular weight excluding hydrogens is 357 g/mol. The van der Waals surface area contributed by atoms with Crippen LogP contribution in [0.2, 0.25) is 0 Å². The van der Waals surface area contributed by atoms with Gasteiger partial charge in [-0.15, -0.1) is 0 Å². The van der Waals surface area contributed by atoms with Gasteiger partial charge in [0.05, 0.1) is 18.8 Å². The molecule has 150 valence electrons. The summed E-state index contributed by atoms with van der Waals surface area (Å²) in [5.41, 5.74) is 0.730. The molecule has 1 amide bonds. The Morgan fingerprint density at radius 3 is 2.54 bits per heavy atom. The summed E-state index contributed by atoms with van der Waals surface area (Å²) in [6.45, 7) is 4.29. The molecule has 1 N–H and O–H groups in total. The van der Waals surface area contributed by atoms with Gasteiger partial charge in [-0.1, -0.05) is 31.0 Å². The lowest BCUT2D eigenvalue weighted by molar-refractivity contribution is -0.117. The molecule has 7 heteroatoms. The lowest BCUT2D eigenvalue weighted by Crippen LogP contribution is -2.48. The van der Waals surface area contributed by atoms with Gasteiger partial charge in [-0.25, -0.2) is 9.07 Å². The number of nitrogens with one attached hydrogen (secondary N) is 1. The van der Waals surface area contributed by atoms with E-state index in [1.807, 2.05) is 22.9 Å². The first-order valence-electron chi connectivity index (χ1n) is 10.2. The van der Waals surface area contributed by atoms with Crippen molar-refractivity contribution in [2.75, 3.05) is 38.0 Å². The molecule has 1 saturated heterocycles. The highest BCUT2D eigenvalue weighted by Crippen LogP contribution is 2.31. The minimum absolute atomic E-state index is 0.00213. The molecule has 2 fully saturated rings. The van der Waals surface area contributed by atoms with Crippen molar-refractivity contribution in [2.24, 2.45) is 0 Å². The number of nitrogens with zero attached hydrogens (tertiary/aromatic N) is 4. The summed E-state index contributed by atoms with van der Waals surface area (Å²) in [4.78, 5) is 16.9. The van der Waals surface area contributed by atoms with Crippen LogP contribution in [0, 0.1) is 5.82 Å². The molecule has 0 radical (unpaired) electrons. The van der Waals surface area contributed by atoms with Gasteiger partial charge in [-0.2, -0.15) is 5.10 Å². The van der Waals surface area contributed by atoms with Gasteiger partial charge in [0.1, 0.15) is 11.6 Å². The zero-order valence-electron chi connectivity index (χ0n) is 16.2.